The number of hydrogen-bond acceptors (Lipinski definition) is 4. The Morgan fingerprint density at radius 2 is 2.08 bits per heavy atom. The van der Waals surface area contributed by atoms with Crippen LogP contribution in [0, 0.1) is 19.7 Å². The van der Waals surface area contributed by atoms with Crippen molar-refractivity contribution in [2.75, 3.05) is 0 Å². The topological polar surface area (TPSA) is 72.2 Å². The standard InChI is InChI=1S/C17H15FN2O3S/c1-4-20-7-12(17(22)23)15(21)11-5-13(18)10(6-14(11)20)16-19-8(2)9(3)24-16/h5-7H,4H2,1-3H3,(H,22,23). The summed E-state index contributed by atoms with van der Waals surface area (Å²) in [7, 11) is 0. The van der Waals surface area contributed by atoms with Gasteiger partial charge in [0.2, 0.25) is 5.43 Å². The Kier molecular flexibility index (Phi) is 3.96. The highest BCUT2D eigenvalue weighted by molar-refractivity contribution is 7.15. The first-order chi connectivity index (χ1) is 11.3. The molecule has 2 aromatic heterocycles. The molecule has 0 saturated carbocycles. The molecule has 0 atom stereocenters. The van der Waals surface area contributed by atoms with Gasteiger partial charge in [0, 0.05) is 28.6 Å². The summed E-state index contributed by atoms with van der Waals surface area (Å²) in [5, 5.41) is 9.77. The minimum absolute atomic E-state index is 0.0583. The fourth-order valence-corrected chi connectivity index (χ4v) is 3.51. The second-order valence-corrected chi connectivity index (χ2v) is 6.68. The number of benzene rings is 1. The van der Waals surface area contributed by atoms with E-state index in [1.165, 1.54) is 17.5 Å². The molecule has 7 heteroatoms. The smallest absolute Gasteiger partial charge is 0.341 e. The third-order valence-electron chi connectivity index (χ3n) is 4.00. The second kappa shape index (κ2) is 5.83. The maximum Gasteiger partial charge on any atom is 0.341 e. The first-order valence-corrected chi connectivity index (χ1v) is 8.19. The number of thiazole rings is 1. The molecule has 0 aliphatic carbocycles. The maximum atomic E-state index is 14.6. The molecular formula is C17H15FN2O3S. The largest absolute Gasteiger partial charge is 0.477 e. The van der Waals surface area contributed by atoms with Crippen LogP contribution in [-0.4, -0.2) is 20.6 Å². The zero-order valence-corrected chi connectivity index (χ0v) is 14.2. The molecule has 0 bridgehead atoms. The van der Waals surface area contributed by atoms with Crippen molar-refractivity contribution < 1.29 is 14.3 Å². The number of nitrogens with zero attached hydrogens (tertiary/aromatic N) is 2. The quantitative estimate of drug-likeness (QED) is 0.786. The number of aryl methyl sites for hydroxylation is 3. The summed E-state index contributed by atoms with van der Waals surface area (Å²) < 4.78 is 16.2. The van der Waals surface area contributed by atoms with Crippen molar-refractivity contribution in [3.05, 3.63) is 50.5 Å². The summed E-state index contributed by atoms with van der Waals surface area (Å²) in [4.78, 5) is 28.9. The maximum absolute atomic E-state index is 14.6. The summed E-state index contributed by atoms with van der Waals surface area (Å²) >= 11 is 1.38. The van der Waals surface area contributed by atoms with Gasteiger partial charge in [-0.25, -0.2) is 14.2 Å². The number of carboxylic acids is 1. The highest BCUT2D eigenvalue weighted by Gasteiger charge is 2.18. The van der Waals surface area contributed by atoms with Crippen molar-refractivity contribution in [3.8, 4) is 10.6 Å². The molecule has 1 N–H and O–H groups in total. The van der Waals surface area contributed by atoms with Gasteiger partial charge in [-0.2, -0.15) is 0 Å². The molecule has 0 amide bonds. The summed E-state index contributed by atoms with van der Waals surface area (Å²) in [6.07, 6.45) is 1.30. The van der Waals surface area contributed by atoms with Crippen LogP contribution in [-0.2, 0) is 6.54 Å². The Balaban J connectivity index is 2.37. The molecule has 3 rings (SSSR count). The Bertz CT molecular complexity index is 1020. The molecule has 2 heterocycles. The molecule has 5 nitrogen and oxygen atoms in total. The highest BCUT2D eigenvalue weighted by atomic mass is 32.1. The Hall–Kier alpha value is -2.54. The van der Waals surface area contributed by atoms with Gasteiger partial charge in [-0.15, -0.1) is 11.3 Å². The molecule has 24 heavy (non-hydrogen) atoms. The van der Waals surface area contributed by atoms with Crippen LogP contribution in [0.15, 0.2) is 23.1 Å². The SMILES string of the molecule is CCn1cc(C(=O)O)c(=O)c2cc(F)c(-c3nc(C)c(C)s3)cc21. The predicted molar refractivity (Wildman–Crippen MR) is 91.4 cm³/mol. The van der Waals surface area contributed by atoms with E-state index in [4.69, 9.17) is 5.11 Å². The van der Waals surface area contributed by atoms with E-state index in [1.807, 2.05) is 20.8 Å². The van der Waals surface area contributed by atoms with Crippen molar-refractivity contribution in [2.45, 2.75) is 27.3 Å². The van der Waals surface area contributed by atoms with E-state index in [0.29, 0.717) is 22.6 Å². The molecular weight excluding hydrogens is 331 g/mol. The van der Waals surface area contributed by atoms with Gasteiger partial charge >= 0.3 is 5.97 Å². The van der Waals surface area contributed by atoms with Crippen LogP contribution in [0.5, 0.6) is 0 Å². The number of fused-ring (bicyclic) bond motifs is 1. The zero-order valence-electron chi connectivity index (χ0n) is 13.4. The van der Waals surface area contributed by atoms with E-state index in [2.05, 4.69) is 4.98 Å². The van der Waals surface area contributed by atoms with Crippen LogP contribution in [0.2, 0.25) is 0 Å². The lowest BCUT2D eigenvalue weighted by molar-refractivity contribution is 0.0695. The number of halogens is 1. The fraction of sp³-hybridized carbons (Fsp3) is 0.235. The predicted octanol–water partition coefficient (Wildman–Crippen LogP) is 3.60. The Morgan fingerprint density at radius 1 is 1.38 bits per heavy atom. The van der Waals surface area contributed by atoms with E-state index in [-0.39, 0.29) is 10.9 Å². The fourth-order valence-electron chi connectivity index (χ4n) is 2.58. The van der Waals surface area contributed by atoms with Crippen molar-refractivity contribution in [1.82, 2.24) is 9.55 Å². The molecule has 0 aliphatic heterocycles. The summed E-state index contributed by atoms with van der Waals surface area (Å²) in [5.41, 5.74) is 0.600. The van der Waals surface area contributed by atoms with Crippen LogP contribution in [0.4, 0.5) is 4.39 Å². The average molecular weight is 346 g/mol. The summed E-state index contributed by atoms with van der Waals surface area (Å²) in [6.45, 7) is 6.06. The number of hydrogen-bond donors (Lipinski definition) is 1. The van der Waals surface area contributed by atoms with Crippen LogP contribution in [0.25, 0.3) is 21.5 Å². The van der Waals surface area contributed by atoms with Gasteiger partial charge in [0.05, 0.1) is 11.2 Å². The lowest BCUT2D eigenvalue weighted by atomic mass is 10.1. The minimum Gasteiger partial charge on any atom is -0.477 e. The zero-order chi connectivity index (χ0) is 17.6. The molecule has 0 unspecified atom stereocenters. The van der Waals surface area contributed by atoms with Gasteiger partial charge in [0.1, 0.15) is 16.4 Å². The molecule has 0 spiro atoms. The van der Waals surface area contributed by atoms with E-state index in [9.17, 15) is 14.0 Å². The van der Waals surface area contributed by atoms with E-state index in [1.54, 1.807) is 10.6 Å². The second-order valence-electron chi connectivity index (χ2n) is 5.47. The van der Waals surface area contributed by atoms with Crippen LogP contribution in [0.3, 0.4) is 0 Å². The van der Waals surface area contributed by atoms with Crippen molar-refractivity contribution in [3.63, 3.8) is 0 Å². The normalized spacial score (nSPS) is 11.2. The summed E-state index contributed by atoms with van der Waals surface area (Å²) in [6, 6.07) is 2.68. The lowest BCUT2D eigenvalue weighted by Gasteiger charge is -2.11. The average Bonchev–Trinajstić information content (AvgIpc) is 2.86. The molecule has 124 valence electrons. The molecule has 0 saturated heterocycles. The van der Waals surface area contributed by atoms with Gasteiger partial charge in [0.15, 0.2) is 0 Å². The van der Waals surface area contributed by atoms with E-state index in [0.717, 1.165) is 16.6 Å². The third kappa shape index (κ3) is 2.50. The van der Waals surface area contributed by atoms with Crippen molar-refractivity contribution >= 4 is 28.2 Å². The van der Waals surface area contributed by atoms with Gasteiger partial charge in [-0.1, -0.05) is 0 Å². The van der Waals surface area contributed by atoms with Crippen LogP contribution >= 0.6 is 11.3 Å². The minimum atomic E-state index is -1.32. The van der Waals surface area contributed by atoms with Gasteiger partial charge in [-0.05, 0) is 32.9 Å². The number of carboxylic acid groups (broad SMARTS) is 1. The van der Waals surface area contributed by atoms with Gasteiger partial charge in [0.25, 0.3) is 0 Å². The number of rotatable bonds is 3. The molecule has 0 fully saturated rings. The summed E-state index contributed by atoms with van der Waals surface area (Å²) in [5.74, 6) is -1.90. The van der Waals surface area contributed by atoms with Crippen molar-refractivity contribution in [1.29, 1.82) is 0 Å². The van der Waals surface area contributed by atoms with Crippen LogP contribution in [0.1, 0.15) is 27.9 Å². The van der Waals surface area contributed by atoms with E-state index < -0.39 is 17.2 Å². The highest BCUT2D eigenvalue weighted by Crippen LogP contribution is 2.31. The molecule has 0 radical (unpaired) electrons. The molecule has 1 aromatic carbocycles. The number of carbonyl (C=O) groups is 1. The van der Waals surface area contributed by atoms with Crippen LogP contribution < -0.4 is 5.43 Å². The van der Waals surface area contributed by atoms with Crippen molar-refractivity contribution in [2.24, 2.45) is 0 Å². The number of aromatic nitrogens is 2. The monoisotopic (exact) mass is 346 g/mol. The molecule has 3 aromatic rings. The molecule has 0 aliphatic rings. The first-order valence-electron chi connectivity index (χ1n) is 7.37. The number of aromatic carboxylic acids is 1. The number of pyridine rings is 1. The first kappa shape index (κ1) is 16.3. The third-order valence-corrected chi connectivity index (χ3v) is 5.11. The Labute approximate surface area is 141 Å². The lowest BCUT2D eigenvalue weighted by Crippen LogP contribution is -2.19. The van der Waals surface area contributed by atoms with E-state index >= 15 is 0 Å². The Morgan fingerprint density at radius 3 is 2.62 bits per heavy atom. The van der Waals surface area contributed by atoms with Gasteiger partial charge < -0.3 is 9.67 Å². The van der Waals surface area contributed by atoms with Gasteiger partial charge in [-0.3, -0.25) is 4.79 Å².